The molecule has 0 bridgehead atoms. The van der Waals surface area contributed by atoms with Gasteiger partial charge in [-0.3, -0.25) is 9.36 Å². The number of phosphoric ester groups is 1. The van der Waals surface area contributed by atoms with Gasteiger partial charge in [-0.1, -0.05) is 251 Å². The monoisotopic (exact) mass is 1030 g/mol. The number of nitrogens with zero attached hydrogens (tertiary/aromatic N) is 1. The lowest BCUT2D eigenvalue weighted by Crippen LogP contribution is -2.46. The maximum Gasteiger partial charge on any atom is 0.268 e. The van der Waals surface area contributed by atoms with Gasteiger partial charge in [0.05, 0.1) is 39.9 Å². The number of allylic oxidation sites excluding steroid dienone is 20. The molecule has 0 heterocycles. The van der Waals surface area contributed by atoms with Crippen molar-refractivity contribution in [3.8, 4) is 0 Å². The Kier molecular flexibility index (Phi) is 51.4. The van der Waals surface area contributed by atoms with Gasteiger partial charge in [0.2, 0.25) is 5.91 Å². The van der Waals surface area contributed by atoms with Crippen molar-refractivity contribution in [3.05, 3.63) is 122 Å². The number of phosphoric acid groups is 1. The first-order valence-electron chi connectivity index (χ1n) is 29.4. The maximum atomic E-state index is 13.0. The van der Waals surface area contributed by atoms with Gasteiger partial charge in [0, 0.05) is 6.42 Å². The van der Waals surface area contributed by atoms with Crippen LogP contribution < -0.4 is 10.2 Å². The summed E-state index contributed by atoms with van der Waals surface area (Å²) in [6.45, 7) is 4.58. The molecule has 0 saturated heterocycles. The standard InChI is InChI=1S/C64H111N2O6P/c1-6-8-10-12-14-16-18-20-22-23-24-25-26-27-28-29-30-31-32-33-34-35-36-37-38-39-40-41-42-43-44-46-48-50-52-54-56-58-64(68)65-62(61-72-73(69,70)71-60-59-66(3,4)5)63(67)57-55-53-51-49-47-45-21-19-17-15-13-11-9-7-2/h8,10,14,16,20,22,24-25,27-28,30-31,33-34,36-37,39-40,42-43,62-63,67H,6-7,9,11-13,15,17-19,21,23,26,29,32,35,38,41,44-61H2,1-5H3,(H-,65,68,69,70)/b10-8-,16-14-,22-20-,25-24-,28-27-,31-30-,34-33-,37-36-,40-39-,43-42-. The summed E-state index contributed by atoms with van der Waals surface area (Å²) in [6, 6.07) is -0.817. The van der Waals surface area contributed by atoms with Gasteiger partial charge in [0.25, 0.3) is 7.82 Å². The predicted octanol–water partition coefficient (Wildman–Crippen LogP) is 17.5. The normalized spacial score (nSPS) is 14.8. The lowest BCUT2D eigenvalue weighted by Gasteiger charge is -2.30. The molecule has 2 N–H and O–H groups in total. The molecule has 0 aromatic heterocycles. The molecule has 0 radical (unpaired) electrons. The number of likely N-dealkylation sites (N-methyl/N-ethyl adjacent to an activating group) is 1. The molecule has 8 nitrogen and oxygen atoms in total. The third kappa shape index (κ3) is 56.5. The van der Waals surface area contributed by atoms with Crippen molar-refractivity contribution in [2.75, 3.05) is 40.9 Å². The lowest BCUT2D eigenvalue weighted by atomic mass is 10.0. The summed E-state index contributed by atoms with van der Waals surface area (Å²) in [6.07, 6.45) is 79.4. The Bertz CT molecular complexity index is 1600. The van der Waals surface area contributed by atoms with Gasteiger partial charge in [-0.25, -0.2) is 0 Å². The fraction of sp³-hybridized carbons (Fsp3) is 0.672. The van der Waals surface area contributed by atoms with Crippen LogP contribution in [0.1, 0.15) is 226 Å². The molecule has 3 unspecified atom stereocenters. The third-order valence-electron chi connectivity index (χ3n) is 12.5. The molecule has 0 aliphatic heterocycles. The average Bonchev–Trinajstić information content (AvgIpc) is 3.35. The van der Waals surface area contributed by atoms with Gasteiger partial charge in [0.1, 0.15) is 13.2 Å². The van der Waals surface area contributed by atoms with Crippen molar-refractivity contribution >= 4 is 13.7 Å². The molecule has 418 valence electrons. The zero-order chi connectivity index (χ0) is 53.5. The topological polar surface area (TPSA) is 108 Å². The summed E-state index contributed by atoms with van der Waals surface area (Å²) in [5.74, 6) is -0.184. The molecule has 0 aliphatic rings. The van der Waals surface area contributed by atoms with Crippen LogP contribution in [0.25, 0.3) is 0 Å². The first kappa shape index (κ1) is 69.9. The maximum absolute atomic E-state index is 13.0. The van der Waals surface area contributed by atoms with Crippen LogP contribution in [0, 0.1) is 0 Å². The lowest BCUT2D eigenvalue weighted by molar-refractivity contribution is -0.870. The zero-order valence-electron chi connectivity index (χ0n) is 47.5. The number of hydrogen-bond donors (Lipinski definition) is 2. The Morgan fingerprint density at radius 2 is 0.836 bits per heavy atom. The molecule has 0 rings (SSSR count). The molecule has 0 fully saturated rings. The molecule has 0 aliphatic carbocycles. The highest BCUT2D eigenvalue weighted by molar-refractivity contribution is 7.45. The minimum atomic E-state index is -4.58. The highest BCUT2D eigenvalue weighted by Gasteiger charge is 2.24. The Balaban J connectivity index is 4.17. The number of amides is 1. The van der Waals surface area contributed by atoms with Crippen molar-refractivity contribution in [3.63, 3.8) is 0 Å². The molecule has 3 atom stereocenters. The Labute approximate surface area is 450 Å². The first-order chi connectivity index (χ1) is 35.5. The van der Waals surface area contributed by atoms with Crippen molar-refractivity contribution in [2.45, 2.75) is 238 Å². The highest BCUT2D eigenvalue weighted by atomic mass is 31.2. The van der Waals surface area contributed by atoms with E-state index in [1.165, 1.54) is 83.5 Å². The second-order valence-corrected chi connectivity index (χ2v) is 22.0. The summed E-state index contributed by atoms with van der Waals surface area (Å²) in [4.78, 5) is 25.5. The van der Waals surface area contributed by atoms with Crippen molar-refractivity contribution in [1.82, 2.24) is 5.32 Å². The van der Waals surface area contributed by atoms with Gasteiger partial charge in [-0.15, -0.1) is 0 Å². The van der Waals surface area contributed by atoms with Crippen LogP contribution >= 0.6 is 7.82 Å². The molecule has 0 saturated carbocycles. The largest absolute Gasteiger partial charge is 0.756 e. The van der Waals surface area contributed by atoms with E-state index in [0.717, 1.165) is 116 Å². The van der Waals surface area contributed by atoms with Crippen LogP contribution in [0.3, 0.4) is 0 Å². The minimum absolute atomic E-state index is 0.00300. The van der Waals surface area contributed by atoms with Crippen molar-refractivity contribution in [1.29, 1.82) is 0 Å². The smallest absolute Gasteiger partial charge is 0.268 e. The van der Waals surface area contributed by atoms with E-state index in [1.807, 2.05) is 21.1 Å². The van der Waals surface area contributed by atoms with Crippen LogP contribution in [0.4, 0.5) is 0 Å². The molecular formula is C64H111N2O6P. The molecule has 9 heteroatoms. The van der Waals surface area contributed by atoms with Gasteiger partial charge in [-0.2, -0.15) is 0 Å². The van der Waals surface area contributed by atoms with E-state index in [1.54, 1.807) is 0 Å². The zero-order valence-corrected chi connectivity index (χ0v) is 48.4. The fourth-order valence-electron chi connectivity index (χ4n) is 7.89. The van der Waals surface area contributed by atoms with Crippen LogP contribution in [-0.4, -0.2) is 68.5 Å². The fourth-order valence-corrected chi connectivity index (χ4v) is 8.61. The number of aliphatic hydroxyl groups is 1. The van der Waals surface area contributed by atoms with Gasteiger partial charge >= 0.3 is 0 Å². The molecule has 0 spiro atoms. The van der Waals surface area contributed by atoms with E-state index in [2.05, 4.69) is 141 Å². The van der Waals surface area contributed by atoms with Gasteiger partial charge in [-0.05, 0) is 89.9 Å². The van der Waals surface area contributed by atoms with Crippen molar-refractivity contribution in [2.24, 2.45) is 0 Å². The number of carbonyl (C=O) groups is 1. The molecule has 0 aromatic carbocycles. The Morgan fingerprint density at radius 1 is 0.493 bits per heavy atom. The predicted molar refractivity (Wildman–Crippen MR) is 315 cm³/mol. The number of unbranched alkanes of at least 4 members (excludes halogenated alkanes) is 19. The Morgan fingerprint density at radius 3 is 1.22 bits per heavy atom. The average molecular weight is 1040 g/mol. The highest BCUT2D eigenvalue weighted by Crippen LogP contribution is 2.38. The Hall–Kier alpha value is -3.10. The SMILES string of the molecule is CC/C=C\C/C=C\C/C=C\C/C=C\C/C=C\C/C=C\C/C=C\C/C=C\C/C=C\C/C=C\CCCCCCCCC(=O)NC(COP(=O)([O-])OCC[N+](C)(C)C)C(O)CCCCCCCCCCCCCCCC. The van der Waals surface area contributed by atoms with Gasteiger partial charge < -0.3 is 28.8 Å². The third-order valence-corrected chi connectivity index (χ3v) is 13.4. The number of nitrogens with one attached hydrogen (secondary N) is 1. The van der Waals surface area contributed by atoms with Crippen LogP contribution in [0.15, 0.2) is 122 Å². The van der Waals surface area contributed by atoms with E-state index in [9.17, 15) is 19.4 Å². The van der Waals surface area contributed by atoms with E-state index >= 15 is 0 Å². The number of quaternary nitrogens is 1. The van der Waals surface area contributed by atoms with Gasteiger partial charge in [0.15, 0.2) is 0 Å². The quantitative estimate of drug-likeness (QED) is 0.0272. The van der Waals surface area contributed by atoms with E-state index in [4.69, 9.17) is 9.05 Å². The molecule has 0 aromatic rings. The van der Waals surface area contributed by atoms with Crippen LogP contribution in [0.5, 0.6) is 0 Å². The van der Waals surface area contributed by atoms with Crippen LogP contribution in [-0.2, 0) is 18.4 Å². The minimum Gasteiger partial charge on any atom is -0.756 e. The van der Waals surface area contributed by atoms with Crippen LogP contribution in [0.2, 0.25) is 0 Å². The number of aliphatic hydroxyl groups excluding tert-OH is 1. The summed E-state index contributed by atoms with van der Waals surface area (Å²) >= 11 is 0. The van der Waals surface area contributed by atoms with Crippen molar-refractivity contribution < 1.29 is 32.9 Å². The molecule has 1 amide bonds. The van der Waals surface area contributed by atoms with E-state index in [0.29, 0.717) is 23.9 Å². The summed E-state index contributed by atoms with van der Waals surface area (Å²) in [5, 5.41) is 14.0. The summed E-state index contributed by atoms with van der Waals surface area (Å²) in [7, 11) is 1.28. The van der Waals surface area contributed by atoms with E-state index < -0.39 is 20.0 Å². The first-order valence-corrected chi connectivity index (χ1v) is 30.8. The second kappa shape index (κ2) is 53.7. The summed E-state index contributed by atoms with van der Waals surface area (Å²) < 4.78 is 23.4. The number of rotatable bonds is 52. The molecule has 73 heavy (non-hydrogen) atoms. The summed E-state index contributed by atoms with van der Waals surface area (Å²) in [5.41, 5.74) is 0. The second-order valence-electron chi connectivity index (χ2n) is 20.6. The number of carbonyl (C=O) groups excluding carboxylic acids is 1. The number of hydrogen-bond acceptors (Lipinski definition) is 6. The van der Waals surface area contributed by atoms with E-state index in [-0.39, 0.29) is 19.1 Å². The molecular weight excluding hydrogens is 924 g/mol.